The molecule has 54 heavy (non-hydrogen) atoms. The van der Waals surface area contributed by atoms with Gasteiger partial charge in [0, 0.05) is 44.0 Å². The van der Waals surface area contributed by atoms with Crippen molar-refractivity contribution in [2.45, 2.75) is 0 Å². The van der Waals surface area contributed by atoms with Crippen LogP contribution in [-0.2, 0) is 0 Å². The number of pyridine rings is 1. The number of para-hydroxylation sites is 2. The van der Waals surface area contributed by atoms with Crippen LogP contribution in [0.4, 0.5) is 0 Å². The van der Waals surface area contributed by atoms with Crippen molar-refractivity contribution >= 4 is 54.4 Å². The maximum Gasteiger partial charge on any atom is 0.0715 e. The maximum atomic E-state index is 5.09. The van der Waals surface area contributed by atoms with E-state index in [2.05, 4.69) is 197 Å². The summed E-state index contributed by atoms with van der Waals surface area (Å²) in [5, 5.41) is 7.58. The second kappa shape index (κ2) is 12.2. The predicted octanol–water partition coefficient (Wildman–Crippen LogP) is 13.4. The van der Waals surface area contributed by atoms with Crippen molar-refractivity contribution in [1.82, 2.24) is 14.1 Å². The monoisotopic (exact) mass is 687 g/mol. The molecule has 0 aliphatic heterocycles. The third-order valence-corrected chi connectivity index (χ3v) is 10.9. The number of fused-ring (bicyclic) bond motifs is 8. The van der Waals surface area contributed by atoms with Crippen molar-refractivity contribution in [3.63, 3.8) is 0 Å². The molecule has 0 fully saturated rings. The van der Waals surface area contributed by atoms with E-state index < -0.39 is 0 Å². The first-order valence-electron chi connectivity index (χ1n) is 18.5. The van der Waals surface area contributed by atoms with E-state index in [1.807, 2.05) is 12.1 Å². The van der Waals surface area contributed by atoms with Gasteiger partial charge in [-0.2, -0.15) is 0 Å². The van der Waals surface area contributed by atoms with E-state index in [1.165, 1.54) is 54.4 Å². The van der Waals surface area contributed by atoms with Crippen LogP contribution >= 0.6 is 0 Å². The van der Waals surface area contributed by atoms with Gasteiger partial charge < -0.3 is 9.13 Å². The van der Waals surface area contributed by atoms with Crippen molar-refractivity contribution < 1.29 is 0 Å². The molecule has 8 aromatic carbocycles. The molecule has 0 N–H and O–H groups in total. The van der Waals surface area contributed by atoms with E-state index in [4.69, 9.17) is 4.98 Å². The van der Waals surface area contributed by atoms with E-state index >= 15 is 0 Å². The van der Waals surface area contributed by atoms with Gasteiger partial charge in [-0.05, 0) is 82.6 Å². The molecular weight excluding hydrogens is 655 g/mol. The van der Waals surface area contributed by atoms with Gasteiger partial charge in [0.05, 0.1) is 33.5 Å². The number of hydrogen-bond donors (Lipinski definition) is 0. The summed E-state index contributed by atoms with van der Waals surface area (Å²) >= 11 is 0. The fourth-order valence-corrected chi connectivity index (χ4v) is 8.41. The number of rotatable bonds is 5. The molecule has 0 saturated carbocycles. The summed E-state index contributed by atoms with van der Waals surface area (Å²) in [6.45, 7) is 0. The largest absolute Gasteiger partial charge is 0.309 e. The molecule has 0 aliphatic rings. The van der Waals surface area contributed by atoms with Crippen molar-refractivity contribution in [1.29, 1.82) is 0 Å². The van der Waals surface area contributed by atoms with Crippen LogP contribution in [0.3, 0.4) is 0 Å². The molecule has 0 unspecified atom stereocenters. The second-order valence-corrected chi connectivity index (χ2v) is 14.0. The standard InChI is InChI=1S/C51H33N3/c1-3-14-36(15-4-1)45-31-38(32-46(52-45)37-16-5-2-6-17-37)34-23-26-39(27-24-34)53-47-21-11-9-19-42(47)44-33-40(28-30-49(44)53)54-48-22-12-10-20-43(48)51-41-18-8-7-13-35(41)25-29-50(51)54/h1-33H. The Kier molecular flexibility index (Phi) is 6.86. The van der Waals surface area contributed by atoms with E-state index in [9.17, 15) is 0 Å². The Labute approximate surface area is 312 Å². The third kappa shape index (κ3) is 4.79. The first-order chi connectivity index (χ1) is 26.8. The molecule has 3 heteroatoms. The molecule has 3 heterocycles. The molecule has 11 aromatic rings. The Hall–Kier alpha value is -7.23. The highest BCUT2D eigenvalue weighted by Crippen LogP contribution is 2.40. The molecule has 0 spiro atoms. The van der Waals surface area contributed by atoms with Gasteiger partial charge in [0.1, 0.15) is 0 Å². The van der Waals surface area contributed by atoms with Crippen LogP contribution in [0, 0.1) is 0 Å². The first kappa shape index (κ1) is 30.4. The van der Waals surface area contributed by atoms with Gasteiger partial charge in [0.25, 0.3) is 0 Å². The lowest BCUT2D eigenvalue weighted by Gasteiger charge is -2.12. The van der Waals surface area contributed by atoms with Crippen LogP contribution < -0.4 is 0 Å². The highest BCUT2D eigenvalue weighted by molar-refractivity contribution is 6.21. The molecule has 0 saturated heterocycles. The lowest BCUT2D eigenvalue weighted by molar-refractivity contribution is 1.17. The SMILES string of the molecule is c1ccc(-c2cc(-c3ccc(-n4c5ccccc5c5cc(-n6c7ccccc7c7c8ccccc8ccc76)ccc54)cc3)cc(-c3ccccc3)n2)cc1. The first-order valence-corrected chi connectivity index (χ1v) is 18.5. The van der Waals surface area contributed by atoms with Gasteiger partial charge in [0.15, 0.2) is 0 Å². The third-order valence-electron chi connectivity index (χ3n) is 10.9. The quantitative estimate of drug-likeness (QED) is 0.177. The summed E-state index contributed by atoms with van der Waals surface area (Å²) in [5.74, 6) is 0. The molecule has 252 valence electrons. The minimum Gasteiger partial charge on any atom is -0.309 e. The van der Waals surface area contributed by atoms with Crippen LogP contribution in [0.5, 0.6) is 0 Å². The Bertz CT molecular complexity index is 3130. The fraction of sp³-hybridized carbons (Fsp3) is 0. The van der Waals surface area contributed by atoms with Crippen molar-refractivity contribution in [3.05, 3.63) is 200 Å². The molecule has 0 radical (unpaired) electrons. The highest BCUT2D eigenvalue weighted by Gasteiger charge is 2.18. The normalized spacial score (nSPS) is 11.7. The van der Waals surface area contributed by atoms with Crippen LogP contribution in [0.15, 0.2) is 200 Å². The average Bonchev–Trinajstić information content (AvgIpc) is 3.77. The summed E-state index contributed by atoms with van der Waals surface area (Å²) in [5.41, 5.74) is 13.5. The molecule has 3 nitrogen and oxygen atoms in total. The van der Waals surface area contributed by atoms with Crippen LogP contribution in [0.1, 0.15) is 0 Å². The smallest absolute Gasteiger partial charge is 0.0715 e. The summed E-state index contributed by atoms with van der Waals surface area (Å²) in [6, 6.07) is 72.0. The zero-order valence-electron chi connectivity index (χ0n) is 29.4. The van der Waals surface area contributed by atoms with E-state index in [-0.39, 0.29) is 0 Å². The second-order valence-electron chi connectivity index (χ2n) is 14.0. The predicted molar refractivity (Wildman–Crippen MR) is 227 cm³/mol. The molecule has 0 bridgehead atoms. The van der Waals surface area contributed by atoms with Gasteiger partial charge in [-0.25, -0.2) is 4.98 Å². The molecule has 0 aliphatic carbocycles. The zero-order valence-corrected chi connectivity index (χ0v) is 29.4. The summed E-state index contributed by atoms with van der Waals surface area (Å²) in [6.07, 6.45) is 0. The molecular formula is C51H33N3. The van der Waals surface area contributed by atoms with Gasteiger partial charge in [-0.15, -0.1) is 0 Å². The summed E-state index contributed by atoms with van der Waals surface area (Å²) < 4.78 is 4.83. The molecule has 0 atom stereocenters. The van der Waals surface area contributed by atoms with E-state index in [1.54, 1.807) is 0 Å². The number of hydrogen-bond acceptors (Lipinski definition) is 1. The molecule has 0 amide bonds. The van der Waals surface area contributed by atoms with Crippen molar-refractivity contribution in [3.8, 4) is 45.0 Å². The number of nitrogens with zero attached hydrogens (tertiary/aromatic N) is 3. The molecule has 11 rings (SSSR count). The van der Waals surface area contributed by atoms with Gasteiger partial charge >= 0.3 is 0 Å². The number of benzene rings is 8. The summed E-state index contributed by atoms with van der Waals surface area (Å²) in [4.78, 5) is 5.09. The van der Waals surface area contributed by atoms with Crippen molar-refractivity contribution in [2.24, 2.45) is 0 Å². The minimum absolute atomic E-state index is 0.964. The maximum absolute atomic E-state index is 5.09. The highest BCUT2D eigenvalue weighted by atomic mass is 15.0. The van der Waals surface area contributed by atoms with Gasteiger partial charge in [-0.1, -0.05) is 140 Å². The summed E-state index contributed by atoms with van der Waals surface area (Å²) in [7, 11) is 0. The Morgan fingerprint density at radius 2 is 0.815 bits per heavy atom. The average molecular weight is 688 g/mol. The van der Waals surface area contributed by atoms with Gasteiger partial charge in [-0.3, -0.25) is 0 Å². The fourth-order valence-electron chi connectivity index (χ4n) is 8.41. The Balaban J connectivity index is 1.06. The lowest BCUT2D eigenvalue weighted by atomic mass is 10.00. The zero-order chi connectivity index (χ0) is 35.6. The van der Waals surface area contributed by atoms with E-state index in [0.717, 1.165) is 45.0 Å². The van der Waals surface area contributed by atoms with Crippen LogP contribution in [-0.4, -0.2) is 14.1 Å². The van der Waals surface area contributed by atoms with E-state index in [0.29, 0.717) is 0 Å². The van der Waals surface area contributed by atoms with Crippen molar-refractivity contribution in [2.75, 3.05) is 0 Å². The lowest BCUT2D eigenvalue weighted by Crippen LogP contribution is -1.96. The van der Waals surface area contributed by atoms with Crippen LogP contribution in [0.2, 0.25) is 0 Å². The number of aromatic nitrogens is 3. The minimum atomic E-state index is 0.964. The van der Waals surface area contributed by atoms with Gasteiger partial charge in [0.2, 0.25) is 0 Å². The Morgan fingerprint density at radius 1 is 0.296 bits per heavy atom. The topological polar surface area (TPSA) is 22.8 Å². The molecule has 3 aromatic heterocycles. The Morgan fingerprint density at radius 3 is 1.52 bits per heavy atom. The van der Waals surface area contributed by atoms with Crippen LogP contribution in [0.25, 0.3) is 99.4 Å².